The number of hydrogen-bond donors (Lipinski definition) is 0. The molecule has 0 aliphatic carbocycles. The Balaban J connectivity index is 2.76. The topological polar surface area (TPSA) is 17.1 Å². The fourth-order valence-corrected chi connectivity index (χ4v) is 1.15. The molecule has 1 rings (SSSR count). The fourth-order valence-electron chi connectivity index (χ4n) is 1.15. The number of halogens is 2. The second-order valence-corrected chi connectivity index (χ2v) is 2.97. The van der Waals surface area contributed by atoms with E-state index in [9.17, 15) is 13.6 Å². The second kappa shape index (κ2) is 5.26. The molecule has 0 saturated carbocycles. The lowest BCUT2D eigenvalue weighted by molar-refractivity contribution is 0.0980. The first-order valence-corrected chi connectivity index (χ1v) is 4.53. The predicted octanol–water partition coefficient (Wildman–Crippen LogP) is 2.95. The van der Waals surface area contributed by atoms with E-state index in [0.717, 1.165) is 12.1 Å². The van der Waals surface area contributed by atoms with Crippen molar-refractivity contribution in [2.45, 2.75) is 19.8 Å². The zero-order valence-corrected chi connectivity index (χ0v) is 8.31. The number of benzene rings is 1. The molecule has 0 spiro atoms. The third kappa shape index (κ3) is 3.17. The zero-order chi connectivity index (χ0) is 11.3. The van der Waals surface area contributed by atoms with Crippen LogP contribution in [0.5, 0.6) is 0 Å². The van der Waals surface area contributed by atoms with Crippen LogP contribution in [-0.4, -0.2) is 5.78 Å². The Hall–Kier alpha value is -1.69. The van der Waals surface area contributed by atoms with Crippen LogP contribution < -0.4 is 0 Å². The van der Waals surface area contributed by atoms with Crippen LogP contribution in [0.3, 0.4) is 0 Å². The van der Waals surface area contributed by atoms with Crippen molar-refractivity contribution in [3.63, 3.8) is 0 Å². The number of rotatable bonds is 3. The Bertz CT molecular complexity index is 427. The van der Waals surface area contributed by atoms with Gasteiger partial charge in [-0.15, -0.1) is 11.8 Å². The lowest BCUT2D eigenvalue weighted by Gasteiger charge is -2.00. The van der Waals surface area contributed by atoms with Crippen molar-refractivity contribution in [2.24, 2.45) is 0 Å². The van der Waals surface area contributed by atoms with Gasteiger partial charge in [0.05, 0.1) is 5.56 Å². The van der Waals surface area contributed by atoms with Crippen LogP contribution in [0.25, 0.3) is 0 Å². The lowest BCUT2D eigenvalue weighted by Crippen LogP contribution is -2.02. The van der Waals surface area contributed by atoms with Crippen LogP contribution in [0, 0.1) is 23.5 Å². The highest BCUT2D eigenvalue weighted by molar-refractivity contribution is 5.96. The van der Waals surface area contributed by atoms with Crippen molar-refractivity contribution >= 4 is 5.78 Å². The van der Waals surface area contributed by atoms with E-state index >= 15 is 0 Å². The van der Waals surface area contributed by atoms with Gasteiger partial charge in [-0.1, -0.05) is 0 Å². The SMILES string of the molecule is CC#CCCC(=O)c1ccc(F)cc1F. The summed E-state index contributed by atoms with van der Waals surface area (Å²) in [6.45, 7) is 1.67. The highest BCUT2D eigenvalue weighted by Gasteiger charge is 2.11. The minimum atomic E-state index is -0.815. The standard InChI is InChI=1S/C12H10F2O/c1-2-3-4-5-12(15)10-7-6-9(13)8-11(10)14/h6-8H,4-5H2,1H3. The molecule has 0 unspecified atom stereocenters. The summed E-state index contributed by atoms with van der Waals surface area (Å²) in [4.78, 5) is 11.4. The summed E-state index contributed by atoms with van der Waals surface area (Å²) < 4.78 is 25.7. The maximum atomic E-state index is 13.1. The summed E-state index contributed by atoms with van der Waals surface area (Å²) in [5.74, 6) is 3.50. The molecule has 1 nitrogen and oxygen atoms in total. The average Bonchev–Trinajstić information content (AvgIpc) is 2.17. The number of carbonyl (C=O) groups excluding carboxylic acids is 1. The molecule has 0 heterocycles. The molecule has 1 aromatic rings. The van der Waals surface area contributed by atoms with E-state index in [4.69, 9.17) is 0 Å². The number of Topliss-reactive ketones (excluding diaryl/α,β-unsaturated/α-hetero) is 1. The molecule has 0 radical (unpaired) electrons. The minimum absolute atomic E-state index is 0.0747. The normalized spacial score (nSPS) is 9.27. The summed E-state index contributed by atoms with van der Waals surface area (Å²) >= 11 is 0. The van der Waals surface area contributed by atoms with Gasteiger partial charge in [0, 0.05) is 18.9 Å². The van der Waals surface area contributed by atoms with Crippen molar-refractivity contribution in [3.8, 4) is 11.8 Å². The highest BCUT2D eigenvalue weighted by atomic mass is 19.1. The molecular weight excluding hydrogens is 198 g/mol. The molecule has 1 aromatic carbocycles. The van der Waals surface area contributed by atoms with Gasteiger partial charge in [-0.2, -0.15) is 0 Å². The summed E-state index contributed by atoms with van der Waals surface area (Å²) in [6, 6.07) is 2.94. The van der Waals surface area contributed by atoms with E-state index in [1.165, 1.54) is 0 Å². The molecule has 3 heteroatoms. The zero-order valence-electron chi connectivity index (χ0n) is 8.31. The van der Waals surface area contributed by atoms with Crippen LogP contribution in [0.15, 0.2) is 18.2 Å². The predicted molar refractivity (Wildman–Crippen MR) is 53.4 cm³/mol. The first-order chi connectivity index (χ1) is 7.15. The minimum Gasteiger partial charge on any atom is -0.294 e. The molecule has 15 heavy (non-hydrogen) atoms. The van der Waals surface area contributed by atoms with Gasteiger partial charge < -0.3 is 0 Å². The van der Waals surface area contributed by atoms with E-state index in [1.807, 2.05) is 0 Å². The molecule has 78 valence electrons. The molecule has 0 saturated heterocycles. The molecule has 0 aliphatic heterocycles. The van der Waals surface area contributed by atoms with Crippen LogP contribution in [0.4, 0.5) is 8.78 Å². The quantitative estimate of drug-likeness (QED) is 0.551. The largest absolute Gasteiger partial charge is 0.294 e. The maximum absolute atomic E-state index is 13.1. The number of ketones is 1. The highest BCUT2D eigenvalue weighted by Crippen LogP contribution is 2.12. The van der Waals surface area contributed by atoms with Crippen LogP contribution in [-0.2, 0) is 0 Å². The average molecular weight is 208 g/mol. The van der Waals surface area contributed by atoms with Gasteiger partial charge in [0.25, 0.3) is 0 Å². The van der Waals surface area contributed by atoms with Crippen molar-refractivity contribution < 1.29 is 13.6 Å². The van der Waals surface area contributed by atoms with E-state index in [-0.39, 0.29) is 17.8 Å². The molecule has 0 bridgehead atoms. The monoisotopic (exact) mass is 208 g/mol. The Morgan fingerprint density at radius 2 is 2.13 bits per heavy atom. The van der Waals surface area contributed by atoms with E-state index < -0.39 is 11.6 Å². The molecule has 0 atom stereocenters. The maximum Gasteiger partial charge on any atom is 0.166 e. The summed E-state index contributed by atoms with van der Waals surface area (Å²) in [6.07, 6.45) is 0.551. The van der Waals surface area contributed by atoms with Gasteiger partial charge in [0.1, 0.15) is 11.6 Å². The smallest absolute Gasteiger partial charge is 0.166 e. The van der Waals surface area contributed by atoms with Gasteiger partial charge in [0.15, 0.2) is 5.78 Å². The van der Waals surface area contributed by atoms with Crippen LogP contribution in [0.1, 0.15) is 30.1 Å². The van der Waals surface area contributed by atoms with E-state index in [0.29, 0.717) is 12.5 Å². The fraction of sp³-hybridized carbons (Fsp3) is 0.250. The molecule has 0 amide bonds. The van der Waals surface area contributed by atoms with Gasteiger partial charge in [0.2, 0.25) is 0 Å². The lowest BCUT2D eigenvalue weighted by atomic mass is 10.1. The van der Waals surface area contributed by atoms with Crippen LogP contribution in [0.2, 0.25) is 0 Å². The Morgan fingerprint density at radius 1 is 1.40 bits per heavy atom. The summed E-state index contributed by atoms with van der Waals surface area (Å²) in [5.41, 5.74) is -0.0747. The number of carbonyl (C=O) groups is 1. The third-order valence-electron chi connectivity index (χ3n) is 1.89. The molecule has 0 N–H and O–H groups in total. The summed E-state index contributed by atoms with van der Waals surface area (Å²) in [7, 11) is 0. The third-order valence-corrected chi connectivity index (χ3v) is 1.89. The van der Waals surface area contributed by atoms with Crippen molar-refractivity contribution in [1.29, 1.82) is 0 Å². The second-order valence-electron chi connectivity index (χ2n) is 2.97. The van der Waals surface area contributed by atoms with E-state index in [1.54, 1.807) is 6.92 Å². The molecule has 0 aromatic heterocycles. The Labute approximate surface area is 87.1 Å². The van der Waals surface area contributed by atoms with Gasteiger partial charge in [-0.3, -0.25) is 4.79 Å². The first-order valence-electron chi connectivity index (χ1n) is 4.53. The van der Waals surface area contributed by atoms with Gasteiger partial charge in [-0.25, -0.2) is 8.78 Å². The van der Waals surface area contributed by atoms with Gasteiger partial charge in [-0.05, 0) is 19.1 Å². The van der Waals surface area contributed by atoms with Crippen LogP contribution >= 0.6 is 0 Å². The van der Waals surface area contributed by atoms with Crippen molar-refractivity contribution in [1.82, 2.24) is 0 Å². The van der Waals surface area contributed by atoms with Gasteiger partial charge >= 0.3 is 0 Å². The number of hydrogen-bond acceptors (Lipinski definition) is 1. The summed E-state index contributed by atoms with van der Waals surface area (Å²) in [5, 5.41) is 0. The molecule has 0 aliphatic rings. The first kappa shape index (κ1) is 11.4. The molecular formula is C12H10F2O. The van der Waals surface area contributed by atoms with Crippen molar-refractivity contribution in [2.75, 3.05) is 0 Å². The van der Waals surface area contributed by atoms with E-state index in [2.05, 4.69) is 11.8 Å². The molecule has 0 fully saturated rings. The Morgan fingerprint density at radius 3 is 2.73 bits per heavy atom. The van der Waals surface area contributed by atoms with Crippen molar-refractivity contribution in [3.05, 3.63) is 35.4 Å². The Kier molecular flexibility index (Phi) is 3.99.